The monoisotopic (exact) mass is 184 g/mol. The van der Waals surface area contributed by atoms with E-state index in [-0.39, 0.29) is 17.8 Å². The molecule has 2 fully saturated rings. The van der Waals surface area contributed by atoms with Crippen molar-refractivity contribution in [1.29, 1.82) is 0 Å². The van der Waals surface area contributed by atoms with Gasteiger partial charge in [0.1, 0.15) is 25.7 Å². The molecule has 4 nitrogen and oxygen atoms in total. The van der Waals surface area contributed by atoms with Crippen LogP contribution in [0, 0.1) is 0 Å². The van der Waals surface area contributed by atoms with E-state index >= 15 is 0 Å². The maximum Gasteiger partial charge on any atom is 0.143 e. The van der Waals surface area contributed by atoms with Gasteiger partial charge in [0.2, 0.25) is 0 Å². The molecule has 2 rings (SSSR count). The molecule has 0 aliphatic carbocycles. The lowest BCUT2D eigenvalue weighted by molar-refractivity contribution is -0.244. The van der Waals surface area contributed by atoms with E-state index in [9.17, 15) is 0 Å². The molecule has 0 aromatic heterocycles. The Morgan fingerprint density at radius 3 is 2.77 bits per heavy atom. The van der Waals surface area contributed by atoms with Crippen molar-refractivity contribution in [1.82, 2.24) is 0 Å². The van der Waals surface area contributed by atoms with Gasteiger partial charge in [-0.2, -0.15) is 0 Å². The first-order chi connectivity index (χ1) is 6.23. The van der Waals surface area contributed by atoms with E-state index < -0.39 is 6.00 Å². The van der Waals surface area contributed by atoms with Gasteiger partial charge in [-0.05, 0) is 0 Å². The van der Waals surface area contributed by atoms with Gasteiger partial charge in [0.05, 0.1) is 13.2 Å². The number of ether oxygens (including phenoxy) is 4. The molecular formula is C8H13BO4. The highest BCUT2D eigenvalue weighted by molar-refractivity contribution is 6.11. The third kappa shape index (κ3) is 1.22. The molecule has 2 saturated heterocycles. The van der Waals surface area contributed by atoms with Crippen molar-refractivity contribution in [3.8, 4) is 0 Å². The van der Waals surface area contributed by atoms with Gasteiger partial charge in [0, 0.05) is 20.2 Å². The van der Waals surface area contributed by atoms with Crippen LogP contribution >= 0.6 is 0 Å². The quantitative estimate of drug-likeness (QED) is 0.544. The molecule has 0 aromatic carbocycles. The Hall–Kier alpha value is -0.0951. The Labute approximate surface area is 78.9 Å². The molecule has 1 unspecified atom stereocenters. The average molecular weight is 184 g/mol. The van der Waals surface area contributed by atoms with Crippen LogP contribution in [-0.4, -0.2) is 59.1 Å². The van der Waals surface area contributed by atoms with Gasteiger partial charge in [-0.1, -0.05) is 0 Å². The Morgan fingerprint density at radius 1 is 1.54 bits per heavy atom. The molecule has 0 amide bonds. The first-order valence-electron chi connectivity index (χ1n) is 4.30. The molecule has 0 spiro atoms. The summed E-state index contributed by atoms with van der Waals surface area (Å²) in [7, 11) is 8.99. The number of rotatable bonds is 3. The summed E-state index contributed by atoms with van der Waals surface area (Å²) in [5.41, 5.74) is -0.366. The Morgan fingerprint density at radius 2 is 2.31 bits per heavy atom. The molecule has 72 valence electrons. The summed E-state index contributed by atoms with van der Waals surface area (Å²) < 4.78 is 21.2. The first kappa shape index (κ1) is 9.46. The molecule has 4 atom stereocenters. The minimum atomic E-state index is -0.410. The van der Waals surface area contributed by atoms with E-state index in [4.69, 9.17) is 26.8 Å². The highest BCUT2D eigenvalue weighted by Gasteiger charge is 2.61. The topological polar surface area (TPSA) is 36.9 Å². The van der Waals surface area contributed by atoms with Gasteiger partial charge in [-0.25, -0.2) is 0 Å². The molecule has 0 saturated carbocycles. The lowest BCUT2D eigenvalue weighted by Gasteiger charge is -2.43. The molecule has 2 heterocycles. The molecule has 13 heavy (non-hydrogen) atoms. The maximum atomic E-state index is 5.74. The normalized spacial score (nSPS) is 48.6. The van der Waals surface area contributed by atoms with Crippen LogP contribution in [0.15, 0.2) is 0 Å². The van der Waals surface area contributed by atoms with Crippen LogP contribution in [0.4, 0.5) is 0 Å². The van der Waals surface area contributed by atoms with Crippen LogP contribution < -0.4 is 0 Å². The van der Waals surface area contributed by atoms with Crippen LogP contribution in [-0.2, 0) is 18.9 Å². The van der Waals surface area contributed by atoms with Crippen molar-refractivity contribution < 1.29 is 18.9 Å². The van der Waals surface area contributed by atoms with Crippen molar-refractivity contribution >= 4 is 7.85 Å². The summed E-state index contributed by atoms with van der Waals surface area (Å²) in [4.78, 5) is 0. The smallest absolute Gasteiger partial charge is 0.143 e. The Bertz CT molecular complexity index is 201. The zero-order chi connectivity index (χ0) is 9.47. The summed E-state index contributed by atoms with van der Waals surface area (Å²) >= 11 is 0. The molecule has 0 N–H and O–H groups in total. The zero-order valence-corrected chi connectivity index (χ0v) is 7.86. The lowest BCUT2D eigenvalue weighted by atomic mass is 9.86. The number of hydrogen-bond donors (Lipinski definition) is 0. The largest absolute Gasteiger partial charge is 0.381 e. The van der Waals surface area contributed by atoms with Gasteiger partial charge < -0.3 is 18.9 Å². The van der Waals surface area contributed by atoms with Crippen molar-refractivity contribution in [3.63, 3.8) is 0 Å². The van der Waals surface area contributed by atoms with Crippen molar-refractivity contribution in [2.24, 2.45) is 0 Å². The second-order valence-corrected chi connectivity index (χ2v) is 3.51. The fourth-order valence-corrected chi connectivity index (χ4v) is 2.03. The lowest BCUT2D eigenvalue weighted by Crippen LogP contribution is -2.61. The molecule has 5 heteroatoms. The zero-order valence-electron chi connectivity index (χ0n) is 7.86. The van der Waals surface area contributed by atoms with Gasteiger partial charge >= 0.3 is 0 Å². The maximum absolute atomic E-state index is 5.74. The fraction of sp³-hybridized carbons (Fsp3) is 1.00. The Balaban J connectivity index is 2.08. The van der Waals surface area contributed by atoms with E-state index in [1.54, 1.807) is 14.2 Å². The summed E-state index contributed by atoms with van der Waals surface area (Å²) in [6, 6.07) is -0.410. The van der Waals surface area contributed by atoms with E-state index in [1.165, 1.54) is 0 Å². The second kappa shape index (κ2) is 3.24. The second-order valence-electron chi connectivity index (χ2n) is 3.51. The minimum Gasteiger partial charge on any atom is -0.381 e. The molecule has 0 bridgehead atoms. The summed E-state index contributed by atoms with van der Waals surface area (Å²) in [6.07, 6.45) is -0.253. The third-order valence-electron chi connectivity index (χ3n) is 2.68. The first-order valence-corrected chi connectivity index (χ1v) is 4.30. The number of hydrogen-bond acceptors (Lipinski definition) is 4. The molecule has 0 aromatic rings. The van der Waals surface area contributed by atoms with Crippen LogP contribution in [0.2, 0.25) is 0 Å². The number of methoxy groups -OCH3 is 2. The van der Waals surface area contributed by atoms with Crippen molar-refractivity contribution in [3.05, 3.63) is 0 Å². The van der Waals surface area contributed by atoms with E-state index in [2.05, 4.69) is 0 Å². The third-order valence-corrected chi connectivity index (χ3v) is 2.68. The van der Waals surface area contributed by atoms with Crippen LogP contribution in [0.3, 0.4) is 0 Å². The SMILES string of the molecule is [B][C@@H]1OC2(COC)CO[C@H]2[C@H]1OC. The van der Waals surface area contributed by atoms with Gasteiger partial charge in [-0.3, -0.25) is 0 Å². The van der Waals surface area contributed by atoms with E-state index in [1.807, 2.05) is 0 Å². The number of fused-ring (bicyclic) bond motifs is 1. The fourth-order valence-electron chi connectivity index (χ4n) is 2.03. The van der Waals surface area contributed by atoms with Crippen LogP contribution in [0.25, 0.3) is 0 Å². The summed E-state index contributed by atoms with van der Waals surface area (Å²) in [6.45, 7) is 1.05. The predicted molar refractivity (Wildman–Crippen MR) is 45.8 cm³/mol. The molecular weight excluding hydrogens is 171 g/mol. The molecule has 2 aliphatic heterocycles. The van der Waals surface area contributed by atoms with Crippen LogP contribution in [0.5, 0.6) is 0 Å². The van der Waals surface area contributed by atoms with E-state index in [0.29, 0.717) is 13.2 Å². The molecule has 2 aliphatic rings. The van der Waals surface area contributed by atoms with Crippen LogP contribution in [0.1, 0.15) is 0 Å². The van der Waals surface area contributed by atoms with E-state index in [0.717, 1.165) is 0 Å². The van der Waals surface area contributed by atoms with Gasteiger partial charge in [0.15, 0.2) is 0 Å². The Kier molecular flexibility index (Phi) is 2.36. The summed E-state index contributed by atoms with van der Waals surface area (Å²) in [5.74, 6) is 0. The van der Waals surface area contributed by atoms with Crippen molar-refractivity contribution in [2.45, 2.75) is 23.8 Å². The highest BCUT2D eigenvalue weighted by atomic mass is 16.7. The van der Waals surface area contributed by atoms with Gasteiger partial charge in [-0.15, -0.1) is 0 Å². The minimum absolute atomic E-state index is 0.0764. The van der Waals surface area contributed by atoms with Crippen molar-refractivity contribution in [2.75, 3.05) is 27.4 Å². The van der Waals surface area contributed by atoms with Gasteiger partial charge in [0.25, 0.3) is 0 Å². The highest BCUT2D eigenvalue weighted by Crippen LogP contribution is 2.41. The average Bonchev–Trinajstić information content (AvgIpc) is 2.26. The standard InChI is InChI=1S/C8H13BO4/c1-10-3-8-4-12-6(8)5(11-2)7(9)13-8/h5-7H,3-4H2,1-2H3/t5-,6+,7-,8?/m1/s1. The predicted octanol–water partition coefficient (Wildman–Crippen LogP) is -0.690. The summed E-state index contributed by atoms with van der Waals surface area (Å²) in [5, 5.41) is 0. The molecule has 2 radical (unpaired) electrons.